The molecule has 0 amide bonds. The summed E-state index contributed by atoms with van der Waals surface area (Å²) in [5.74, 6) is 0. The number of hydrogen-bond acceptors (Lipinski definition) is 1. The predicted octanol–water partition coefficient (Wildman–Crippen LogP) is 1.68. The number of nitrogens with zero attached hydrogens (tertiary/aromatic N) is 1. The van der Waals surface area contributed by atoms with Gasteiger partial charge in [-0.2, -0.15) is 0 Å². The number of benzene rings is 1. The van der Waals surface area contributed by atoms with Crippen molar-refractivity contribution < 1.29 is 9.95 Å². The second-order valence-electron chi connectivity index (χ2n) is 2.34. The Morgan fingerprint density at radius 2 is 2.00 bits per heavy atom. The van der Waals surface area contributed by atoms with Crippen LogP contribution < -0.4 is 0 Å². The van der Waals surface area contributed by atoms with Crippen molar-refractivity contribution in [1.29, 1.82) is 0 Å². The summed E-state index contributed by atoms with van der Waals surface area (Å²) in [6.07, 6.45) is 1.63. The van der Waals surface area contributed by atoms with Gasteiger partial charge in [-0.25, -0.2) is 0 Å². The Labute approximate surface area is 66.4 Å². The maximum atomic E-state index is 9.09. The minimum Gasteiger partial charge on any atom is -0.291 e. The molecule has 0 radical (unpaired) electrons. The van der Waals surface area contributed by atoms with Gasteiger partial charge in [0.25, 0.3) is 0 Å². The molecule has 0 unspecified atom stereocenters. The lowest BCUT2D eigenvalue weighted by atomic mass is 10.2. The highest BCUT2D eigenvalue weighted by molar-refractivity contribution is 5.46. The van der Waals surface area contributed by atoms with E-state index in [9.17, 15) is 0 Å². The van der Waals surface area contributed by atoms with Crippen molar-refractivity contribution in [2.45, 2.75) is 13.5 Å². The molecule has 0 aliphatic carbocycles. The lowest BCUT2D eigenvalue weighted by Crippen LogP contribution is -2.05. The van der Waals surface area contributed by atoms with E-state index in [2.05, 4.69) is 0 Å². The van der Waals surface area contributed by atoms with Gasteiger partial charge < -0.3 is 0 Å². The first-order chi connectivity index (χ1) is 5.33. The van der Waals surface area contributed by atoms with Crippen molar-refractivity contribution in [3.8, 4) is 0 Å². The van der Waals surface area contributed by atoms with Crippen LogP contribution in [0.3, 0.4) is 0 Å². The predicted molar refractivity (Wildman–Crippen MR) is 43.9 cm³/mol. The van der Waals surface area contributed by atoms with Gasteiger partial charge in [-0.1, -0.05) is 30.3 Å². The first kappa shape index (κ1) is 7.79. The Bertz CT molecular complexity index is 241. The molecule has 0 atom stereocenters. The molecule has 58 valence electrons. The largest absolute Gasteiger partial charge is 0.291 e. The molecule has 0 aromatic heterocycles. The van der Waals surface area contributed by atoms with Gasteiger partial charge in [0.1, 0.15) is 0 Å². The number of hydrogen-bond donors (Lipinski definition) is 1. The van der Waals surface area contributed by atoms with E-state index in [4.69, 9.17) is 5.21 Å². The standard InChI is InChI=1S/C9H12NO/c1-2-10(11)8-9-6-4-3-5-7-9/h2-7,11H,8H2,1H3/q+1/b10-2-. The van der Waals surface area contributed by atoms with Crippen LogP contribution in [0, 0.1) is 0 Å². The molecule has 0 spiro atoms. The Morgan fingerprint density at radius 1 is 1.36 bits per heavy atom. The van der Waals surface area contributed by atoms with E-state index in [-0.39, 0.29) is 0 Å². The van der Waals surface area contributed by atoms with Gasteiger partial charge in [0, 0.05) is 12.5 Å². The lowest BCUT2D eigenvalue weighted by Gasteiger charge is -1.92. The molecular weight excluding hydrogens is 138 g/mol. The number of rotatable bonds is 2. The molecule has 0 fully saturated rings. The third-order valence-corrected chi connectivity index (χ3v) is 1.49. The van der Waals surface area contributed by atoms with Crippen LogP contribution in [0.5, 0.6) is 0 Å². The first-order valence-electron chi connectivity index (χ1n) is 3.62. The monoisotopic (exact) mass is 150 g/mol. The van der Waals surface area contributed by atoms with Gasteiger partial charge in [0.15, 0.2) is 6.21 Å². The molecule has 2 nitrogen and oxygen atoms in total. The quantitative estimate of drug-likeness (QED) is 0.295. The van der Waals surface area contributed by atoms with Crippen LogP contribution in [-0.4, -0.2) is 16.2 Å². The minimum absolute atomic E-state index is 0.553. The molecule has 1 aromatic rings. The SMILES string of the molecule is C/C=[N+](\O)Cc1ccccc1. The molecular formula is C9H12NO+. The molecule has 1 N–H and O–H groups in total. The zero-order chi connectivity index (χ0) is 8.10. The van der Waals surface area contributed by atoms with E-state index in [1.165, 1.54) is 0 Å². The van der Waals surface area contributed by atoms with E-state index < -0.39 is 0 Å². The average molecular weight is 150 g/mol. The second-order valence-corrected chi connectivity index (χ2v) is 2.34. The summed E-state index contributed by atoms with van der Waals surface area (Å²) >= 11 is 0. The third kappa shape index (κ3) is 2.42. The molecule has 2 heteroatoms. The van der Waals surface area contributed by atoms with Crippen LogP contribution in [0.2, 0.25) is 0 Å². The summed E-state index contributed by atoms with van der Waals surface area (Å²) in [5, 5.41) is 9.09. The molecule has 1 aromatic carbocycles. The molecule has 1 rings (SSSR count). The van der Waals surface area contributed by atoms with Crippen LogP contribution in [0.15, 0.2) is 30.3 Å². The summed E-state index contributed by atoms with van der Waals surface area (Å²) in [5.41, 5.74) is 1.10. The summed E-state index contributed by atoms with van der Waals surface area (Å²) in [4.78, 5) is 0. The van der Waals surface area contributed by atoms with E-state index in [0.717, 1.165) is 10.3 Å². The summed E-state index contributed by atoms with van der Waals surface area (Å²) < 4.78 is 1.16. The van der Waals surface area contributed by atoms with Gasteiger partial charge in [0.05, 0.1) is 0 Å². The minimum atomic E-state index is 0.553. The van der Waals surface area contributed by atoms with Crippen LogP contribution in [-0.2, 0) is 6.54 Å². The zero-order valence-corrected chi connectivity index (χ0v) is 6.57. The van der Waals surface area contributed by atoms with Crippen LogP contribution >= 0.6 is 0 Å². The summed E-state index contributed by atoms with van der Waals surface area (Å²) in [6.45, 7) is 2.35. The molecule has 0 heterocycles. The highest BCUT2D eigenvalue weighted by Gasteiger charge is 1.98. The molecule has 0 saturated heterocycles. The second kappa shape index (κ2) is 3.76. The van der Waals surface area contributed by atoms with Crippen molar-refractivity contribution in [2.24, 2.45) is 0 Å². The van der Waals surface area contributed by atoms with Gasteiger partial charge in [-0.05, 0) is 4.74 Å². The van der Waals surface area contributed by atoms with E-state index in [1.54, 1.807) is 13.1 Å². The Balaban J connectivity index is 2.65. The van der Waals surface area contributed by atoms with Gasteiger partial charge in [-0.3, -0.25) is 5.21 Å². The fraction of sp³-hybridized carbons (Fsp3) is 0.222. The Hall–Kier alpha value is -1.31. The Morgan fingerprint density at radius 3 is 2.55 bits per heavy atom. The lowest BCUT2D eigenvalue weighted by molar-refractivity contribution is -0.783. The molecule has 0 saturated carbocycles. The van der Waals surface area contributed by atoms with Crippen molar-refractivity contribution in [3.05, 3.63) is 35.9 Å². The third-order valence-electron chi connectivity index (χ3n) is 1.49. The van der Waals surface area contributed by atoms with Crippen molar-refractivity contribution in [3.63, 3.8) is 0 Å². The Kier molecular flexibility index (Phi) is 2.66. The van der Waals surface area contributed by atoms with Gasteiger partial charge in [-0.15, -0.1) is 0 Å². The van der Waals surface area contributed by atoms with E-state index in [1.807, 2.05) is 30.3 Å². The van der Waals surface area contributed by atoms with Gasteiger partial charge >= 0.3 is 0 Å². The maximum absolute atomic E-state index is 9.09. The fourth-order valence-corrected chi connectivity index (χ4v) is 0.862. The maximum Gasteiger partial charge on any atom is 0.217 e. The fourth-order valence-electron chi connectivity index (χ4n) is 0.862. The van der Waals surface area contributed by atoms with Crippen molar-refractivity contribution >= 4 is 6.21 Å². The van der Waals surface area contributed by atoms with Crippen LogP contribution in [0.1, 0.15) is 12.5 Å². The van der Waals surface area contributed by atoms with Crippen LogP contribution in [0.25, 0.3) is 0 Å². The average Bonchev–Trinajstić information content (AvgIpc) is 2.06. The smallest absolute Gasteiger partial charge is 0.217 e. The topological polar surface area (TPSA) is 23.2 Å². The number of hydroxylamine groups is 1. The molecule has 11 heavy (non-hydrogen) atoms. The first-order valence-corrected chi connectivity index (χ1v) is 3.62. The van der Waals surface area contributed by atoms with E-state index >= 15 is 0 Å². The molecule has 0 bridgehead atoms. The summed E-state index contributed by atoms with van der Waals surface area (Å²) in [7, 11) is 0. The van der Waals surface area contributed by atoms with Crippen LogP contribution in [0.4, 0.5) is 0 Å². The molecule has 0 aliphatic heterocycles. The van der Waals surface area contributed by atoms with Crippen molar-refractivity contribution in [1.82, 2.24) is 0 Å². The highest BCUT2D eigenvalue weighted by Crippen LogP contribution is 1.98. The van der Waals surface area contributed by atoms with E-state index in [0.29, 0.717) is 6.54 Å². The summed E-state index contributed by atoms with van der Waals surface area (Å²) in [6, 6.07) is 9.83. The highest BCUT2D eigenvalue weighted by atomic mass is 16.5. The molecule has 0 aliphatic rings. The zero-order valence-electron chi connectivity index (χ0n) is 6.57. The normalized spacial score (nSPS) is 11.5. The van der Waals surface area contributed by atoms with Crippen molar-refractivity contribution in [2.75, 3.05) is 0 Å². The van der Waals surface area contributed by atoms with Gasteiger partial charge in [0.2, 0.25) is 6.54 Å².